The van der Waals surface area contributed by atoms with E-state index in [9.17, 15) is 43.8 Å². The Labute approximate surface area is 498 Å². The van der Waals surface area contributed by atoms with Crippen molar-refractivity contribution in [2.24, 2.45) is 29.6 Å². The minimum Gasteiger partial charge on any atom is -0.508 e. The first-order valence-electron chi connectivity index (χ1n) is 29.2. The van der Waals surface area contributed by atoms with Gasteiger partial charge in [-0.2, -0.15) is 0 Å². The fourth-order valence-electron chi connectivity index (χ4n) is 10.4. The lowest BCUT2D eigenvalue weighted by Gasteiger charge is -2.29. The van der Waals surface area contributed by atoms with Gasteiger partial charge in [-0.05, 0) is 101 Å². The molecule has 7 aromatic rings. The minimum atomic E-state index is -1.12. The molecule has 2 aromatic heterocycles. The fraction of sp³-hybridized carbons (Fsp3) is 0.310. The van der Waals surface area contributed by atoms with Gasteiger partial charge in [-0.1, -0.05) is 180 Å². The van der Waals surface area contributed by atoms with Gasteiger partial charge in [0.2, 0.25) is 11.8 Å². The number of aromatic hydroxyl groups is 1. The Balaban J connectivity index is 1.01. The zero-order chi connectivity index (χ0) is 60.7. The van der Waals surface area contributed by atoms with Crippen molar-refractivity contribution in [3.05, 3.63) is 233 Å². The molecular weight excluding hydrogens is 1070 g/mol. The van der Waals surface area contributed by atoms with Gasteiger partial charge in [0, 0.05) is 68.6 Å². The molecule has 0 aliphatic heterocycles. The molecule has 0 saturated heterocycles. The maximum absolute atomic E-state index is 14.7. The lowest BCUT2D eigenvalue weighted by Crippen LogP contribution is -2.50. The molecule has 0 bridgehead atoms. The second kappa shape index (κ2) is 32.2. The van der Waals surface area contributed by atoms with Crippen molar-refractivity contribution in [3.63, 3.8) is 0 Å². The number of carboxylic acids is 1. The summed E-state index contributed by atoms with van der Waals surface area (Å²) in [6.45, 7) is 8.57. The van der Waals surface area contributed by atoms with Crippen LogP contribution in [-0.4, -0.2) is 84.6 Å². The molecule has 6 atom stereocenters. The van der Waals surface area contributed by atoms with Gasteiger partial charge in [0.15, 0.2) is 23.1 Å². The van der Waals surface area contributed by atoms with E-state index in [-0.39, 0.29) is 80.6 Å². The first-order chi connectivity index (χ1) is 41.0. The third kappa shape index (κ3) is 20.4. The zero-order valence-corrected chi connectivity index (χ0v) is 48.9. The molecule has 5 aromatic carbocycles. The molecule has 440 valence electrons. The van der Waals surface area contributed by atoms with Gasteiger partial charge in [0.1, 0.15) is 5.75 Å². The van der Waals surface area contributed by atoms with Crippen LogP contribution in [0.2, 0.25) is 0 Å². The van der Waals surface area contributed by atoms with E-state index in [1.54, 1.807) is 74.8 Å². The van der Waals surface area contributed by atoms with E-state index < -0.39 is 59.2 Å². The summed E-state index contributed by atoms with van der Waals surface area (Å²) in [5.74, 6) is -6.73. The van der Waals surface area contributed by atoms with Gasteiger partial charge >= 0.3 is 5.97 Å². The zero-order valence-electron chi connectivity index (χ0n) is 48.9. The number of phenols is 1. The molecule has 7 rings (SSSR count). The molecule has 0 aliphatic carbocycles. The number of amides is 2. The van der Waals surface area contributed by atoms with Crippen LogP contribution < -0.4 is 10.6 Å². The number of carbonyl (C=O) groups is 7. The minimum absolute atomic E-state index is 0.0391. The molecule has 0 radical (unpaired) electrons. The maximum Gasteiger partial charge on any atom is 0.307 e. The Morgan fingerprint density at radius 3 is 1.59 bits per heavy atom. The SMILES string of the molecule is CC[C@H](C)[C@H](CC(=O)[C@H](Cc1ccccc1)NC(=O)[C@@H](CC(=O)c1ccc(/C=C/c2ccc(CC(=O)CN(Cc3ccccn3)Cc3ccccn3)cc2)cc1)Cc1ccc(O)cc1)C(=O)N[C@H](C(=O)C[C@@H](Cc1ccccc1)C(=O)O)C(C)C. The predicted octanol–water partition coefficient (Wildman–Crippen LogP) is 11.0. The first kappa shape index (κ1) is 63.6. The van der Waals surface area contributed by atoms with Crippen molar-refractivity contribution >= 4 is 53.1 Å². The Kier molecular flexibility index (Phi) is 24.0. The number of aliphatic carboxylic acids is 1. The Morgan fingerprint density at radius 1 is 0.541 bits per heavy atom. The number of Topliss-reactive ketones (excluding diaryl/α,β-unsaturated/α-hetero) is 4. The second-order valence-corrected chi connectivity index (χ2v) is 22.4. The van der Waals surface area contributed by atoms with Crippen LogP contribution in [0.5, 0.6) is 5.75 Å². The summed E-state index contributed by atoms with van der Waals surface area (Å²) in [6.07, 6.45) is 7.75. The van der Waals surface area contributed by atoms with Crippen LogP contribution in [-0.2, 0) is 67.5 Å². The molecule has 2 amide bonds. The molecule has 14 heteroatoms. The maximum atomic E-state index is 14.7. The van der Waals surface area contributed by atoms with Crippen LogP contribution in [0.15, 0.2) is 182 Å². The average molecular weight is 1140 g/mol. The topological polar surface area (TPSA) is 213 Å². The van der Waals surface area contributed by atoms with Crippen molar-refractivity contribution in [1.82, 2.24) is 25.5 Å². The highest BCUT2D eigenvalue weighted by Crippen LogP contribution is 2.26. The van der Waals surface area contributed by atoms with Crippen LogP contribution in [0.1, 0.15) is 109 Å². The lowest BCUT2D eigenvalue weighted by atomic mass is 9.83. The number of carboxylic acid groups (broad SMARTS) is 1. The third-order valence-corrected chi connectivity index (χ3v) is 15.4. The third-order valence-electron chi connectivity index (χ3n) is 15.4. The Hall–Kier alpha value is -9.01. The van der Waals surface area contributed by atoms with E-state index in [0.29, 0.717) is 30.6 Å². The Morgan fingerprint density at radius 2 is 1.06 bits per heavy atom. The fourth-order valence-corrected chi connectivity index (χ4v) is 10.4. The van der Waals surface area contributed by atoms with Crippen LogP contribution in [0.25, 0.3) is 12.2 Å². The number of hydrogen-bond acceptors (Lipinski definition) is 11. The number of hydrogen-bond donors (Lipinski definition) is 4. The van der Waals surface area contributed by atoms with E-state index in [0.717, 1.165) is 39.2 Å². The molecule has 4 N–H and O–H groups in total. The number of nitrogens with one attached hydrogen (secondary N) is 2. The summed E-state index contributed by atoms with van der Waals surface area (Å²) in [4.78, 5) is 109. The number of aromatic nitrogens is 2. The van der Waals surface area contributed by atoms with Crippen molar-refractivity contribution in [2.75, 3.05) is 6.54 Å². The number of carbonyl (C=O) groups excluding carboxylic acids is 6. The molecular formula is C71H77N5O9. The van der Waals surface area contributed by atoms with Gasteiger partial charge in [-0.25, -0.2) is 0 Å². The molecule has 14 nitrogen and oxygen atoms in total. The molecule has 0 saturated carbocycles. The highest BCUT2D eigenvalue weighted by molar-refractivity contribution is 6.00. The molecule has 2 heterocycles. The summed E-state index contributed by atoms with van der Waals surface area (Å²) in [5.41, 5.74) is 7.00. The molecule has 0 aliphatic rings. The molecule has 0 unspecified atom stereocenters. The summed E-state index contributed by atoms with van der Waals surface area (Å²) in [5, 5.41) is 26.1. The standard InChI is InChI=1S/C71H77N5O9/c1-5-49(4)63(70(83)75-68(48(2)3)67(81)43-58(71(84)85)39-52-16-8-6-9-17-52)44-66(80)64(41-53-18-10-7-11-19-53)74-69(82)57(38-54-30-34-61(77)35-31-54)42-65(79)56-32-28-51(29-33-56)23-22-50-24-26-55(27-25-50)40-62(78)47-76(45-59-20-12-14-36-72-59)46-60-21-13-15-37-73-60/h6-37,48-49,57-58,63-64,68,77H,5,38-47H2,1-4H3,(H,74,82)(H,75,83)(H,84,85)/b23-22+/t49-,57+,58+,63-,64-,68-/m0/s1. The molecule has 0 spiro atoms. The van der Waals surface area contributed by atoms with E-state index in [1.807, 2.05) is 140 Å². The number of phenolic OH excluding ortho intramolecular Hbond substituents is 1. The van der Waals surface area contributed by atoms with Gasteiger partial charge in [0.05, 0.1) is 35.9 Å². The largest absolute Gasteiger partial charge is 0.508 e. The van der Waals surface area contributed by atoms with Crippen LogP contribution in [0.3, 0.4) is 0 Å². The Bertz CT molecular complexity index is 3280. The molecule has 0 fully saturated rings. The summed E-state index contributed by atoms with van der Waals surface area (Å²) < 4.78 is 0. The van der Waals surface area contributed by atoms with Gasteiger partial charge < -0.3 is 20.8 Å². The van der Waals surface area contributed by atoms with Crippen LogP contribution in [0, 0.1) is 29.6 Å². The first-order valence-corrected chi connectivity index (χ1v) is 29.2. The normalized spacial score (nSPS) is 13.5. The van der Waals surface area contributed by atoms with E-state index >= 15 is 0 Å². The van der Waals surface area contributed by atoms with Gasteiger partial charge in [0.25, 0.3) is 0 Å². The van der Waals surface area contributed by atoms with Gasteiger partial charge in [-0.15, -0.1) is 0 Å². The highest BCUT2D eigenvalue weighted by atomic mass is 16.4. The number of nitrogens with zero attached hydrogens (tertiary/aromatic N) is 3. The monoisotopic (exact) mass is 1140 g/mol. The number of benzene rings is 5. The van der Waals surface area contributed by atoms with E-state index in [4.69, 9.17) is 0 Å². The molecule has 85 heavy (non-hydrogen) atoms. The number of rotatable bonds is 33. The number of ketones is 4. The summed E-state index contributed by atoms with van der Waals surface area (Å²) in [6, 6.07) is 48.9. The predicted molar refractivity (Wildman–Crippen MR) is 330 cm³/mol. The van der Waals surface area contributed by atoms with Crippen molar-refractivity contribution in [2.45, 2.75) is 104 Å². The van der Waals surface area contributed by atoms with E-state index in [1.165, 1.54) is 12.1 Å². The van der Waals surface area contributed by atoms with E-state index in [2.05, 4.69) is 20.6 Å². The van der Waals surface area contributed by atoms with Gasteiger partial charge in [-0.3, -0.25) is 48.4 Å². The van der Waals surface area contributed by atoms with Crippen molar-refractivity contribution in [3.8, 4) is 5.75 Å². The second-order valence-electron chi connectivity index (χ2n) is 22.4. The smallest absolute Gasteiger partial charge is 0.307 e. The average Bonchev–Trinajstić information content (AvgIpc) is 3.54. The van der Waals surface area contributed by atoms with Crippen molar-refractivity contribution in [1.29, 1.82) is 0 Å². The summed E-state index contributed by atoms with van der Waals surface area (Å²) in [7, 11) is 0. The van der Waals surface area contributed by atoms with Crippen LogP contribution in [0.4, 0.5) is 0 Å². The number of pyridine rings is 2. The van der Waals surface area contributed by atoms with Crippen LogP contribution >= 0.6 is 0 Å². The highest BCUT2D eigenvalue weighted by Gasteiger charge is 2.36. The quantitative estimate of drug-likeness (QED) is 0.0223. The summed E-state index contributed by atoms with van der Waals surface area (Å²) >= 11 is 0. The lowest BCUT2D eigenvalue weighted by molar-refractivity contribution is -0.144. The van der Waals surface area contributed by atoms with Crippen molar-refractivity contribution < 1.29 is 43.8 Å².